The molecule has 0 amide bonds. The second kappa shape index (κ2) is 5.76. The molecule has 0 bridgehead atoms. The van der Waals surface area contributed by atoms with Crippen molar-refractivity contribution >= 4 is 26.3 Å². The Morgan fingerprint density at radius 3 is 2.95 bits per heavy atom. The highest BCUT2D eigenvalue weighted by atomic mass is 32.2. The number of nitrogens with zero attached hydrogens (tertiary/aromatic N) is 2. The molecule has 1 atom stereocenters. The van der Waals surface area contributed by atoms with Gasteiger partial charge in [-0.25, -0.2) is 13.4 Å². The van der Waals surface area contributed by atoms with E-state index in [0.717, 1.165) is 17.4 Å². The molecule has 108 valence electrons. The second-order valence-corrected chi connectivity index (χ2v) is 8.38. The smallest absolute Gasteiger partial charge is 0.185 e. The van der Waals surface area contributed by atoms with Gasteiger partial charge in [-0.2, -0.15) is 0 Å². The van der Waals surface area contributed by atoms with Gasteiger partial charge in [0.15, 0.2) is 15.0 Å². The molecule has 1 aromatic rings. The molecule has 0 aliphatic carbocycles. The summed E-state index contributed by atoms with van der Waals surface area (Å²) in [6, 6.07) is 0.444. The fourth-order valence-corrected chi connectivity index (χ4v) is 4.61. The van der Waals surface area contributed by atoms with Gasteiger partial charge in [0.05, 0.1) is 17.2 Å². The maximum atomic E-state index is 11.6. The molecule has 0 spiro atoms. The zero-order chi connectivity index (χ0) is 14.0. The normalized spacial score (nSPS) is 22.9. The summed E-state index contributed by atoms with van der Waals surface area (Å²) in [5.74, 6) is 0.461. The van der Waals surface area contributed by atoms with E-state index in [1.54, 1.807) is 11.3 Å². The first kappa shape index (κ1) is 14.7. The van der Waals surface area contributed by atoms with E-state index in [1.807, 2.05) is 12.3 Å². The molecule has 1 saturated heterocycles. The highest BCUT2D eigenvalue weighted by Gasteiger charge is 2.29. The van der Waals surface area contributed by atoms with Crippen molar-refractivity contribution in [1.82, 2.24) is 10.3 Å². The fraction of sp³-hybridized carbons (Fsp3) is 0.750. The Morgan fingerprint density at radius 1 is 1.58 bits per heavy atom. The quantitative estimate of drug-likeness (QED) is 0.907. The van der Waals surface area contributed by atoms with Gasteiger partial charge in [0.2, 0.25) is 0 Å². The first-order valence-corrected chi connectivity index (χ1v) is 9.22. The molecule has 0 aromatic carbocycles. The molecular weight excluding hydrogens is 282 g/mol. The lowest BCUT2D eigenvalue weighted by atomic mass is 10.3. The van der Waals surface area contributed by atoms with Crippen LogP contribution >= 0.6 is 11.3 Å². The molecule has 5 nitrogen and oxygen atoms in total. The Hall–Kier alpha value is -0.660. The standard InChI is InChI=1S/C12H21N3O2S2/c1-9(2)13-6-11-7-18-12(14-11)15-4-5-19(16,17)8-10(15)3/h7,9-10,13H,4-6,8H2,1-3H3. The summed E-state index contributed by atoms with van der Waals surface area (Å²) < 4.78 is 23.1. The van der Waals surface area contributed by atoms with Crippen LogP contribution in [0.5, 0.6) is 0 Å². The molecule has 19 heavy (non-hydrogen) atoms. The van der Waals surface area contributed by atoms with E-state index in [9.17, 15) is 8.42 Å². The zero-order valence-electron chi connectivity index (χ0n) is 11.6. The van der Waals surface area contributed by atoms with Gasteiger partial charge >= 0.3 is 0 Å². The van der Waals surface area contributed by atoms with Gasteiger partial charge < -0.3 is 10.2 Å². The van der Waals surface area contributed by atoms with Gasteiger partial charge in [-0.15, -0.1) is 11.3 Å². The van der Waals surface area contributed by atoms with Gasteiger partial charge in [0.25, 0.3) is 0 Å². The third-order valence-electron chi connectivity index (χ3n) is 3.15. The highest BCUT2D eigenvalue weighted by Crippen LogP contribution is 2.25. The van der Waals surface area contributed by atoms with Crippen LogP contribution in [0.15, 0.2) is 5.38 Å². The lowest BCUT2D eigenvalue weighted by molar-refractivity contribution is 0.566. The van der Waals surface area contributed by atoms with Crippen LogP contribution in [0.4, 0.5) is 5.13 Å². The predicted molar refractivity (Wildman–Crippen MR) is 79.6 cm³/mol. The third kappa shape index (κ3) is 3.90. The Bertz CT molecular complexity index is 525. The number of hydrogen-bond donors (Lipinski definition) is 1. The van der Waals surface area contributed by atoms with Crippen LogP contribution in [-0.4, -0.2) is 43.5 Å². The lowest BCUT2D eigenvalue weighted by Crippen LogP contribution is -2.47. The number of nitrogens with one attached hydrogen (secondary N) is 1. The second-order valence-electron chi connectivity index (χ2n) is 5.31. The molecule has 1 aliphatic heterocycles. The topological polar surface area (TPSA) is 62.3 Å². The minimum Gasteiger partial charge on any atom is -0.343 e. The minimum absolute atomic E-state index is 0.0100. The number of sulfone groups is 1. The Kier molecular flexibility index (Phi) is 4.47. The summed E-state index contributed by atoms with van der Waals surface area (Å²) in [7, 11) is -2.86. The average Bonchev–Trinajstić information content (AvgIpc) is 2.73. The Morgan fingerprint density at radius 2 is 2.32 bits per heavy atom. The Labute approximate surface area is 119 Å². The maximum Gasteiger partial charge on any atom is 0.185 e. The van der Waals surface area contributed by atoms with Crippen molar-refractivity contribution in [3.8, 4) is 0 Å². The van der Waals surface area contributed by atoms with Crippen LogP contribution in [0.1, 0.15) is 26.5 Å². The van der Waals surface area contributed by atoms with E-state index < -0.39 is 9.84 Å². The summed E-state index contributed by atoms with van der Waals surface area (Å²) in [6.45, 7) is 7.46. The van der Waals surface area contributed by atoms with E-state index in [1.165, 1.54) is 0 Å². The van der Waals surface area contributed by atoms with E-state index in [4.69, 9.17) is 0 Å². The van der Waals surface area contributed by atoms with Gasteiger partial charge in [-0.1, -0.05) is 13.8 Å². The molecule has 1 N–H and O–H groups in total. The molecule has 0 radical (unpaired) electrons. The van der Waals surface area contributed by atoms with Gasteiger partial charge in [-0.05, 0) is 6.92 Å². The molecule has 1 unspecified atom stereocenters. The lowest BCUT2D eigenvalue weighted by Gasteiger charge is -2.32. The predicted octanol–water partition coefficient (Wildman–Crippen LogP) is 1.26. The molecule has 1 fully saturated rings. The molecule has 2 heterocycles. The summed E-state index contributed by atoms with van der Waals surface area (Å²) >= 11 is 1.59. The first-order valence-electron chi connectivity index (χ1n) is 6.52. The number of aromatic nitrogens is 1. The molecule has 1 aliphatic rings. The Balaban J connectivity index is 2.02. The fourth-order valence-electron chi connectivity index (χ4n) is 2.10. The SMILES string of the molecule is CC(C)NCc1csc(N2CCS(=O)(=O)CC2C)n1. The van der Waals surface area contributed by atoms with Crippen LogP contribution in [0.25, 0.3) is 0 Å². The van der Waals surface area contributed by atoms with Crippen molar-refractivity contribution in [3.05, 3.63) is 11.1 Å². The monoisotopic (exact) mass is 303 g/mol. The maximum absolute atomic E-state index is 11.6. The van der Waals surface area contributed by atoms with Crippen LogP contribution < -0.4 is 10.2 Å². The van der Waals surface area contributed by atoms with Crippen LogP contribution in [0.3, 0.4) is 0 Å². The van der Waals surface area contributed by atoms with E-state index in [2.05, 4.69) is 29.0 Å². The van der Waals surface area contributed by atoms with Gasteiger partial charge in [0.1, 0.15) is 0 Å². The average molecular weight is 303 g/mol. The van der Waals surface area contributed by atoms with Crippen molar-refractivity contribution in [2.24, 2.45) is 0 Å². The zero-order valence-corrected chi connectivity index (χ0v) is 13.2. The number of rotatable bonds is 4. The van der Waals surface area contributed by atoms with Crippen molar-refractivity contribution in [2.45, 2.75) is 39.4 Å². The van der Waals surface area contributed by atoms with Crippen LogP contribution in [-0.2, 0) is 16.4 Å². The molecule has 0 saturated carbocycles. The molecule has 1 aromatic heterocycles. The number of hydrogen-bond acceptors (Lipinski definition) is 6. The summed E-state index contributed by atoms with van der Waals surface area (Å²) in [4.78, 5) is 6.69. The minimum atomic E-state index is -2.86. The van der Waals surface area contributed by atoms with E-state index in [0.29, 0.717) is 12.6 Å². The number of thiazole rings is 1. The summed E-state index contributed by atoms with van der Waals surface area (Å²) in [6.07, 6.45) is 0. The third-order valence-corrected chi connectivity index (χ3v) is 5.87. The highest BCUT2D eigenvalue weighted by molar-refractivity contribution is 7.91. The van der Waals surface area contributed by atoms with Crippen LogP contribution in [0, 0.1) is 0 Å². The number of anilines is 1. The van der Waals surface area contributed by atoms with E-state index >= 15 is 0 Å². The van der Waals surface area contributed by atoms with Crippen molar-refractivity contribution < 1.29 is 8.42 Å². The van der Waals surface area contributed by atoms with Gasteiger partial charge in [0, 0.05) is 30.6 Å². The van der Waals surface area contributed by atoms with Crippen LogP contribution in [0.2, 0.25) is 0 Å². The first-order chi connectivity index (χ1) is 8.87. The molecule has 2 rings (SSSR count). The molecular formula is C12H21N3O2S2. The van der Waals surface area contributed by atoms with E-state index in [-0.39, 0.29) is 17.5 Å². The summed E-state index contributed by atoms with van der Waals surface area (Å²) in [5, 5.41) is 6.31. The summed E-state index contributed by atoms with van der Waals surface area (Å²) in [5.41, 5.74) is 1.02. The molecule has 7 heteroatoms. The van der Waals surface area contributed by atoms with Gasteiger partial charge in [-0.3, -0.25) is 0 Å². The van der Waals surface area contributed by atoms with Crippen molar-refractivity contribution in [2.75, 3.05) is 23.0 Å². The van der Waals surface area contributed by atoms with Crippen molar-refractivity contribution in [1.29, 1.82) is 0 Å². The largest absolute Gasteiger partial charge is 0.343 e. The van der Waals surface area contributed by atoms with Crippen molar-refractivity contribution in [3.63, 3.8) is 0 Å².